The van der Waals surface area contributed by atoms with Gasteiger partial charge in [-0.05, 0) is 36.8 Å². The minimum atomic E-state index is -3.48. The number of carbonyl (C=O) groups excluding carboxylic acids is 1. The summed E-state index contributed by atoms with van der Waals surface area (Å²) in [6.07, 6.45) is 7.10. The maximum Gasteiger partial charge on any atom is 0.255 e. The van der Waals surface area contributed by atoms with Crippen molar-refractivity contribution < 1.29 is 17.6 Å². The predicted octanol–water partition coefficient (Wildman–Crippen LogP) is 2.68. The zero-order valence-corrected chi connectivity index (χ0v) is 16.7. The van der Waals surface area contributed by atoms with Crippen LogP contribution in [0.3, 0.4) is 0 Å². The molecule has 150 valence electrons. The number of aromatic nitrogens is 2. The zero-order chi connectivity index (χ0) is 20.8. The average molecular weight is 414 g/mol. The van der Waals surface area contributed by atoms with Crippen LogP contribution in [0.4, 0.5) is 10.1 Å². The Morgan fingerprint density at radius 2 is 1.97 bits per heavy atom. The quantitative estimate of drug-likeness (QED) is 0.714. The summed E-state index contributed by atoms with van der Waals surface area (Å²) in [5, 5.41) is 7.14. The molecule has 0 atom stereocenters. The molecule has 2 aromatic heterocycles. The number of nitrogens with one attached hydrogen (secondary N) is 1. The molecule has 4 rings (SSSR count). The van der Waals surface area contributed by atoms with Crippen LogP contribution in [-0.2, 0) is 10.0 Å². The summed E-state index contributed by atoms with van der Waals surface area (Å²) in [4.78, 5) is 12.6. The molecule has 29 heavy (non-hydrogen) atoms. The fourth-order valence-corrected chi connectivity index (χ4v) is 4.41. The lowest BCUT2D eigenvalue weighted by atomic mass is 10.0. The summed E-state index contributed by atoms with van der Waals surface area (Å²) >= 11 is 0. The van der Waals surface area contributed by atoms with E-state index in [1.165, 1.54) is 28.0 Å². The van der Waals surface area contributed by atoms with E-state index in [0.717, 1.165) is 6.26 Å². The van der Waals surface area contributed by atoms with E-state index >= 15 is 0 Å². The molecule has 0 fully saturated rings. The molecular formula is C20H19FN4O3S. The highest BCUT2D eigenvalue weighted by molar-refractivity contribution is 7.92. The summed E-state index contributed by atoms with van der Waals surface area (Å²) in [6, 6.07) is 7.46. The molecule has 0 spiro atoms. The number of halogens is 1. The largest absolute Gasteiger partial charge is 0.355 e. The van der Waals surface area contributed by atoms with Gasteiger partial charge in [0.05, 0.1) is 29.2 Å². The van der Waals surface area contributed by atoms with Crippen molar-refractivity contribution in [1.29, 1.82) is 0 Å². The molecule has 0 radical (unpaired) electrons. The van der Waals surface area contributed by atoms with Crippen molar-refractivity contribution in [3.63, 3.8) is 0 Å². The van der Waals surface area contributed by atoms with Crippen LogP contribution in [-0.4, -0.2) is 43.8 Å². The number of nitrogens with zero attached hydrogens (tertiary/aromatic N) is 3. The minimum absolute atomic E-state index is 0.322. The second kappa shape index (κ2) is 7.00. The monoisotopic (exact) mass is 414 g/mol. The molecule has 1 aliphatic heterocycles. The van der Waals surface area contributed by atoms with Gasteiger partial charge >= 0.3 is 0 Å². The van der Waals surface area contributed by atoms with E-state index in [1.807, 2.05) is 12.2 Å². The van der Waals surface area contributed by atoms with Gasteiger partial charge in [0.15, 0.2) is 0 Å². The van der Waals surface area contributed by atoms with Crippen LogP contribution >= 0.6 is 0 Å². The first-order valence-corrected chi connectivity index (χ1v) is 10.8. The Bertz CT molecular complexity index is 1250. The Kier molecular flexibility index (Phi) is 4.62. The summed E-state index contributed by atoms with van der Waals surface area (Å²) in [5.74, 6) is -0.725. The van der Waals surface area contributed by atoms with Crippen molar-refractivity contribution in [2.45, 2.75) is 6.42 Å². The molecule has 7 nitrogen and oxygen atoms in total. The van der Waals surface area contributed by atoms with Crippen LogP contribution < -0.4 is 9.62 Å². The summed E-state index contributed by atoms with van der Waals surface area (Å²) in [5.41, 5.74) is 3.01. The molecule has 9 heteroatoms. The van der Waals surface area contributed by atoms with E-state index in [9.17, 15) is 17.6 Å². The lowest BCUT2D eigenvalue weighted by Crippen LogP contribution is -2.31. The van der Waals surface area contributed by atoms with Gasteiger partial charge in [0.25, 0.3) is 5.91 Å². The molecule has 1 aromatic carbocycles. The van der Waals surface area contributed by atoms with E-state index in [-0.39, 0.29) is 11.7 Å². The lowest BCUT2D eigenvalue weighted by molar-refractivity contribution is 0.0965. The minimum Gasteiger partial charge on any atom is -0.355 e. The van der Waals surface area contributed by atoms with E-state index in [0.29, 0.717) is 46.6 Å². The van der Waals surface area contributed by atoms with Gasteiger partial charge in [-0.25, -0.2) is 17.3 Å². The van der Waals surface area contributed by atoms with Crippen LogP contribution in [0.5, 0.6) is 0 Å². The number of benzene rings is 1. The highest BCUT2D eigenvalue weighted by atomic mass is 32.2. The smallest absolute Gasteiger partial charge is 0.255 e. The predicted molar refractivity (Wildman–Crippen MR) is 110 cm³/mol. The third-order valence-corrected chi connectivity index (χ3v) is 6.00. The van der Waals surface area contributed by atoms with Crippen LogP contribution in [0.25, 0.3) is 22.9 Å². The molecule has 1 N–H and O–H groups in total. The number of anilines is 1. The lowest BCUT2D eigenvalue weighted by Gasteiger charge is -2.22. The normalized spacial score (nSPS) is 14.0. The first-order chi connectivity index (χ1) is 13.8. The van der Waals surface area contributed by atoms with Crippen LogP contribution in [0.1, 0.15) is 22.3 Å². The number of rotatable bonds is 3. The van der Waals surface area contributed by atoms with Gasteiger partial charge in [0, 0.05) is 24.7 Å². The van der Waals surface area contributed by atoms with Gasteiger partial charge in [-0.1, -0.05) is 12.2 Å². The topological polar surface area (TPSA) is 83.8 Å². The molecule has 3 heterocycles. The van der Waals surface area contributed by atoms with E-state index in [4.69, 9.17) is 0 Å². The Morgan fingerprint density at radius 3 is 2.62 bits per heavy atom. The molecule has 0 unspecified atom stereocenters. The first-order valence-electron chi connectivity index (χ1n) is 8.98. The van der Waals surface area contributed by atoms with Crippen molar-refractivity contribution in [2.24, 2.45) is 0 Å². The van der Waals surface area contributed by atoms with Gasteiger partial charge in [-0.3, -0.25) is 9.10 Å². The number of hydrogen-bond acceptors (Lipinski definition) is 4. The fraction of sp³-hybridized carbons (Fsp3) is 0.200. The second-order valence-corrected chi connectivity index (χ2v) is 8.69. The zero-order valence-electron chi connectivity index (χ0n) is 15.9. The molecule has 0 saturated carbocycles. The number of pyridine rings is 1. The van der Waals surface area contributed by atoms with Gasteiger partial charge in [-0.2, -0.15) is 5.10 Å². The van der Waals surface area contributed by atoms with Crippen molar-refractivity contribution in [2.75, 3.05) is 24.2 Å². The number of hydrogen-bond donors (Lipinski definition) is 1. The number of carbonyl (C=O) groups is 1. The van der Waals surface area contributed by atoms with Crippen molar-refractivity contribution in [3.05, 3.63) is 59.5 Å². The summed E-state index contributed by atoms with van der Waals surface area (Å²) in [6.45, 7) is 0.322. The SMILES string of the molecule is CNC(=O)c1c(-c2ccc(F)cc2)nn2cc3c(cc12)C=CCCN3S(C)(=O)=O. The average Bonchev–Trinajstić information content (AvgIpc) is 2.90. The van der Waals surface area contributed by atoms with E-state index in [1.54, 1.807) is 24.4 Å². The Balaban J connectivity index is 2.02. The molecule has 0 saturated heterocycles. The number of fused-ring (bicyclic) bond motifs is 2. The van der Waals surface area contributed by atoms with Gasteiger partial charge < -0.3 is 5.32 Å². The summed E-state index contributed by atoms with van der Waals surface area (Å²) < 4.78 is 40.8. The van der Waals surface area contributed by atoms with E-state index in [2.05, 4.69) is 10.4 Å². The maximum absolute atomic E-state index is 13.4. The fourth-order valence-electron chi connectivity index (χ4n) is 3.46. The maximum atomic E-state index is 13.4. The van der Waals surface area contributed by atoms with E-state index < -0.39 is 10.0 Å². The van der Waals surface area contributed by atoms with Crippen LogP contribution in [0.15, 0.2) is 42.6 Å². The Hall–Kier alpha value is -3.20. The summed E-state index contributed by atoms with van der Waals surface area (Å²) in [7, 11) is -1.96. The molecule has 1 aliphatic rings. The van der Waals surface area contributed by atoms with Gasteiger partial charge in [-0.15, -0.1) is 0 Å². The third kappa shape index (κ3) is 3.38. The molecule has 3 aromatic rings. The number of sulfonamides is 1. The molecule has 0 aliphatic carbocycles. The van der Waals surface area contributed by atoms with Crippen molar-refractivity contribution in [3.8, 4) is 11.3 Å². The van der Waals surface area contributed by atoms with Crippen molar-refractivity contribution in [1.82, 2.24) is 14.9 Å². The molecular weight excluding hydrogens is 395 g/mol. The highest BCUT2D eigenvalue weighted by Crippen LogP contribution is 2.33. The van der Waals surface area contributed by atoms with Gasteiger partial charge in [0.1, 0.15) is 11.5 Å². The third-order valence-electron chi connectivity index (χ3n) is 4.82. The standard InChI is InChI=1S/C20H19FN4O3S/c1-22-20(26)18-16-11-14-5-3-4-10-25(29(2,27)28)17(14)12-24(16)23-19(18)13-6-8-15(21)9-7-13/h3,5-9,11-12H,4,10H2,1-2H3,(H,22,26). The van der Waals surface area contributed by atoms with Crippen LogP contribution in [0.2, 0.25) is 0 Å². The van der Waals surface area contributed by atoms with Crippen LogP contribution in [0, 0.1) is 5.82 Å². The van der Waals surface area contributed by atoms with Crippen molar-refractivity contribution >= 4 is 33.2 Å². The second-order valence-electron chi connectivity index (χ2n) is 6.78. The molecule has 1 amide bonds. The Labute approximate surface area is 167 Å². The van der Waals surface area contributed by atoms with Gasteiger partial charge in [0.2, 0.25) is 10.0 Å². The Morgan fingerprint density at radius 1 is 1.24 bits per heavy atom. The first kappa shape index (κ1) is 19.1. The number of amides is 1. The highest BCUT2D eigenvalue weighted by Gasteiger charge is 2.25. The molecule has 0 bridgehead atoms.